The zero-order chi connectivity index (χ0) is 14.8. The van der Waals surface area contributed by atoms with Gasteiger partial charge in [-0.3, -0.25) is 0 Å². The average Bonchev–Trinajstić information content (AvgIpc) is 3.31. The molecule has 0 amide bonds. The maximum absolute atomic E-state index is 13.0. The summed E-state index contributed by atoms with van der Waals surface area (Å²) in [6, 6.07) is 16.5. The second-order valence-electron chi connectivity index (χ2n) is 5.80. The Balaban J connectivity index is 1.72. The summed E-state index contributed by atoms with van der Waals surface area (Å²) in [5.41, 5.74) is 8.02. The van der Waals surface area contributed by atoms with Crippen molar-refractivity contribution in [2.75, 3.05) is 6.54 Å². The van der Waals surface area contributed by atoms with E-state index in [1.54, 1.807) is 12.1 Å². The van der Waals surface area contributed by atoms with Gasteiger partial charge in [0, 0.05) is 12.5 Å². The Kier molecular flexibility index (Phi) is 4.04. The van der Waals surface area contributed by atoms with Crippen molar-refractivity contribution in [3.8, 4) is 0 Å². The van der Waals surface area contributed by atoms with Crippen LogP contribution in [0.3, 0.4) is 0 Å². The van der Waals surface area contributed by atoms with E-state index in [4.69, 9.17) is 5.73 Å². The molecule has 2 nitrogen and oxygen atoms in total. The maximum atomic E-state index is 13.0. The minimum absolute atomic E-state index is 0.135. The molecule has 0 radical (unpaired) electrons. The molecule has 3 rings (SSSR count). The third kappa shape index (κ3) is 2.99. The van der Waals surface area contributed by atoms with Gasteiger partial charge in [0.2, 0.25) is 0 Å². The van der Waals surface area contributed by atoms with Crippen molar-refractivity contribution in [2.45, 2.75) is 24.4 Å². The van der Waals surface area contributed by atoms with Gasteiger partial charge >= 0.3 is 0 Å². The highest BCUT2D eigenvalue weighted by atomic mass is 19.1. The van der Waals surface area contributed by atoms with E-state index in [2.05, 4.69) is 12.1 Å². The van der Waals surface area contributed by atoms with E-state index in [0.29, 0.717) is 12.5 Å². The first-order valence-corrected chi connectivity index (χ1v) is 7.39. The quantitative estimate of drug-likeness (QED) is 0.887. The Hall–Kier alpha value is -1.71. The summed E-state index contributed by atoms with van der Waals surface area (Å²) in [7, 11) is 0. The molecule has 1 fully saturated rings. The van der Waals surface area contributed by atoms with E-state index in [0.717, 1.165) is 12.0 Å². The molecule has 21 heavy (non-hydrogen) atoms. The zero-order valence-electron chi connectivity index (χ0n) is 11.8. The zero-order valence-corrected chi connectivity index (χ0v) is 11.8. The van der Waals surface area contributed by atoms with Crippen molar-refractivity contribution in [3.05, 3.63) is 71.5 Å². The van der Waals surface area contributed by atoms with Crippen LogP contribution < -0.4 is 5.73 Å². The van der Waals surface area contributed by atoms with Crippen LogP contribution in [0.2, 0.25) is 0 Å². The highest BCUT2D eigenvalue weighted by molar-refractivity contribution is 5.29. The molecular weight excluding hydrogens is 265 g/mol. The molecule has 4 atom stereocenters. The molecule has 0 spiro atoms. The van der Waals surface area contributed by atoms with Crippen LogP contribution in [-0.4, -0.2) is 17.8 Å². The molecule has 110 valence electrons. The van der Waals surface area contributed by atoms with Crippen LogP contribution in [-0.2, 0) is 0 Å². The van der Waals surface area contributed by atoms with E-state index in [1.807, 2.05) is 18.2 Å². The first kappa shape index (κ1) is 14.2. The Morgan fingerprint density at radius 2 is 1.76 bits per heavy atom. The lowest BCUT2D eigenvalue weighted by Gasteiger charge is -2.22. The molecular formula is C18H20FNO. The first-order chi connectivity index (χ1) is 10.2. The monoisotopic (exact) mass is 285 g/mol. The van der Waals surface area contributed by atoms with Crippen molar-refractivity contribution in [1.82, 2.24) is 0 Å². The molecule has 1 saturated carbocycles. The Morgan fingerprint density at radius 1 is 1.10 bits per heavy atom. The summed E-state index contributed by atoms with van der Waals surface area (Å²) in [4.78, 5) is 0. The summed E-state index contributed by atoms with van der Waals surface area (Å²) < 4.78 is 13.0. The normalized spacial score (nSPS) is 23.6. The molecule has 0 bridgehead atoms. The van der Waals surface area contributed by atoms with Crippen LogP contribution in [0.1, 0.15) is 29.4 Å². The third-order valence-corrected chi connectivity index (χ3v) is 4.47. The molecule has 0 saturated heterocycles. The SMILES string of the molecule is NCC(c1ccc(F)cc1)C(O)C1CC1c1ccccc1. The lowest BCUT2D eigenvalue weighted by atomic mass is 9.89. The summed E-state index contributed by atoms with van der Waals surface area (Å²) in [6.45, 7) is 0.366. The fraction of sp³-hybridized carbons (Fsp3) is 0.333. The van der Waals surface area contributed by atoms with Gasteiger partial charge in [0.05, 0.1) is 6.10 Å². The Morgan fingerprint density at radius 3 is 2.38 bits per heavy atom. The third-order valence-electron chi connectivity index (χ3n) is 4.47. The lowest BCUT2D eigenvalue weighted by Crippen LogP contribution is -2.28. The predicted molar refractivity (Wildman–Crippen MR) is 81.5 cm³/mol. The molecule has 4 unspecified atom stereocenters. The standard InChI is InChI=1S/C18H20FNO/c19-14-8-6-13(7-9-14)17(11-20)18(21)16-10-15(16)12-4-2-1-3-5-12/h1-9,15-18,21H,10-11,20H2. The molecule has 1 aliphatic carbocycles. The molecule has 0 aliphatic heterocycles. The Labute approximate surface area is 124 Å². The second kappa shape index (κ2) is 5.96. The molecule has 3 N–H and O–H groups in total. The van der Waals surface area contributed by atoms with E-state index >= 15 is 0 Å². The Bertz CT molecular complexity index is 584. The van der Waals surface area contributed by atoms with Crippen LogP contribution in [0.25, 0.3) is 0 Å². The van der Waals surface area contributed by atoms with Gasteiger partial charge in [-0.15, -0.1) is 0 Å². The minimum Gasteiger partial charge on any atom is -0.392 e. The summed E-state index contributed by atoms with van der Waals surface area (Å²) in [5.74, 6) is 0.253. The van der Waals surface area contributed by atoms with Crippen molar-refractivity contribution < 1.29 is 9.50 Å². The van der Waals surface area contributed by atoms with Crippen LogP contribution in [0.4, 0.5) is 4.39 Å². The fourth-order valence-corrected chi connectivity index (χ4v) is 3.16. The first-order valence-electron chi connectivity index (χ1n) is 7.39. The number of aliphatic hydroxyl groups excluding tert-OH is 1. The number of rotatable bonds is 5. The predicted octanol–water partition coefficient (Wildman–Crippen LogP) is 3.03. The van der Waals surface area contributed by atoms with Gasteiger partial charge in [-0.05, 0) is 41.5 Å². The van der Waals surface area contributed by atoms with Gasteiger partial charge in [0.25, 0.3) is 0 Å². The maximum Gasteiger partial charge on any atom is 0.123 e. The van der Waals surface area contributed by atoms with Gasteiger partial charge in [-0.2, -0.15) is 0 Å². The molecule has 3 heteroatoms. The van der Waals surface area contributed by atoms with E-state index in [1.165, 1.54) is 17.7 Å². The van der Waals surface area contributed by atoms with E-state index in [9.17, 15) is 9.50 Å². The van der Waals surface area contributed by atoms with Crippen molar-refractivity contribution in [3.63, 3.8) is 0 Å². The molecule has 2 aromatic carbocycles. The smallest absolute Gasteiger partial charge is 0.123 e. The molecule has 0 aromatic heterocycles. The van der Waals surface area contributed by atoms with Crippen molar-refractivity contribution in [2.24, 2.45) is 11.7 Å². The molecule has 0 heterocycles. The lowest BCUT2D eigenvalue weighted by molar-refractivity contribution is 0.120. The van der Waals surface area contributed by atoms with Crippen LogP contribution in [0, 0.1) is 11.7 Å². The highest BCUT2D eigenvalue weighted by Gasteiger charge is 2.45. The average molecular weight is 285 g/mol. The van der Waals surface area contributed by atoms with Gasteiger partial charge in [-0.25, -0.2) is 4.39 Å². The van der Waals surface area contributed by atoms with Gasteiger partial charge in [-0.1, -0.05) is 42.5 Å². The summed E-state index contributed by atoms with van der Waals surface area (Å²) in [6.07, 6.45) is 0.508. The van der Waals surface area contributed by atoms with Crippen molar-refractivity contribution >= 4 is 0 Å². The summed E-state index contributed by atoms with van der Waals surface area (Å²) >= 11 is 0. The van der Waals surface area contributed by atoms with Crippen LogP contribution >= 0.6 is 0 Å². The number of halogens is 1. The minimum atomic E-state index is -0.481. The topological polar surface area (TPSA) is 46.2 Å². The van der Waals surface area contributed by atoms with E-state index < -0.39 is 6.10 Å². The number of nitrogens with two attached hydrogens (primary N) is 1. The number of hydrogen-bond acceptors (Lipinski definition) is 2. The molecule has 2 aromatic rings. The number of benzene rings is 2. The summed E-state index contributed by atoms with van der Waals surface area (Å²) in [5, 5.41) is 10.6. The van der Waals surface area contributed by atoms with Gasteiger partial charge in [0.1, 0.15) is 5.82 Å². The highest BCUT2D eigenvalue weighted by Crippen LogP contribution is 2.51. The second-order valence-corrected chi connectivity index (χ2v) is 5.80. The van der Waals surface area contributed by atoms with Gasteiger partial charge in [0.15, 0.2) is 0 Å². The van der Waals surface area contributed by atoms with Gasteiger partial charge < -0.3 is 10.8 Å². The number of aliphatic hydroxyl groups is 1. The molecule has 1 aliphatic rings. The van der Waals surface area contributed by atoms with Crippen LogP contribution in [0.5, 0.6) is 0 Å². The van der Waals surface area contributed by atoms with Crippen molar-refractivity contribution in [1.29, 1.82) is 0 Å². The largest absolute Gasteiger partial charge is 0.392 e. The fourth-order valence-electron chi connectivity index (χ4n) is 3.16. The number of hydrogen-bond donors (Lipinski definition) is 2. The van der Waals surface area contributed by atoms with Crippen LogP contribution in [0.15, 0.2) is 54.6 Å². The van der Waals surface area contributed by atoms with E-state index in [-0.39, 0.29) is 17.7 Å².